The summed E-state index contributed by atoms with van der Waals surface area (Å²) in [5.41, 5.74) is 2.81. The minimum absolute atomic E-state index is 0. The van der Waals surface area contributed by atoms with Crippen molar-refractivity contribution in [2.45, 2.75) is 22.4 Å². The van der Waals surface area contributed by atoms with Gasteiger partial charge in [0.05, 0.1) is 22.9 Å². The molecule has 0 spiro atoms. The molecule has 3 aromatic carbocycles. The molecule has 35 heavy (non-hydrogen) atoms. The molecule has 0 saturated heterocycles. The van der Waals surface area contributed by atoms with Gasteiger partial charge in [-0.15, -0.1) is 0 Å². The predicted octanol–water partition coefficient (Wildman–Crippen LogP) is -3.13. The van der Waals surface area contributed by atoms with Crippen molar-refractivity contribution in [1.82, 2.24) is 5.32 Å². The normalized spacial score (nSPS) is 15.2. The summed E-state index contributed by atoms with van der Waals surface area (Å²) in [5.74, 6) is 0.179. The molecule has 8 nitrogen and oxygen atoms in total. The maximum atomic E-state index is 12.0. The van der Waals surface area contributed by atoms with E-state index in [1.807, 2.05) is 24.3 Å². The van der Waals surface area contributed by atoms with Gasteiger partial charge in [0.15, 0.2) is 0 Å². The molecule has 1 heterocycles. The molecule has 0 fully saturated rings. The van der Waals surface area contributed by atoms with E-state index in [1.165, 1.54) is 43.5 Å². The number of benzene rings is 3. The SMILES string of the molecule is COc1ccc(/C=C/c2ccc(C3NCc4ccccc43)cc2S(=O)(=O)[O-])c(S(=O)(=O)[O-])c1.[Na+].[Na+]. The monoisotopic (exact) mass is 531 g/mol. The van der Waals surface area contributed by atoms with Crippen LogP contribution in [-0.2, 0) is 26.8 Å². The van der Waals surface area contributed by atoms with Crippen LogP contribution in [0.1, 0.15) is 33.9 Å². The van der Waals surface area contributed by atoms with E-state index in [0.717, 1.165) is 17.2 Å². The van der Waals surface area contributed by atoms with Crippen molar-refractivity contribution in [3.8, 4) is 5.75 Å². The van der Waals surface area contributed by atoms with Crippen LogP contribution in [0.4, 0.5) is 0 Å². The molecule has 0 radical (unpaired) electrons. The summed E-state index contributed by atoms with van der Waals surface area (Å²) in [7, 11) is -8.34. The number of ether oxygens (including phenoxy) is 1. The Morgan fingerprint density at radius 2 is 1.43 bits per heavy atom. The zero-order valence-electron chi connectivity index (χ0n) is 19.4. The van der Waals surface area contributed by atoms with Gasteiger partial charge >= 0.3 is 59.1 Å². The summed E-state index contributed by atoms with van der Waals surface area (Å²) < 4.78 is 76.0. The Bertz CT molecular complexity index is 1470. The summed E-state index contributed by atoms with van der Waals surface area (Å²) in [6, 6.07) is 15.9. The second-order valence-corrected chi connectivity index (χ2v) is 10.2. The molecule has 1 N–H and O–H groups in total. The van der Waals surface area contributed by atoms with E-state index in [4.69, 9.17) is 4.74 Å². The van der Waals surface area contributed by atoms with Crippen molar-refractivity contribution in [1.29, 1.82) is 0 Å². The first-order valence-electron chi connectivity index (χ1n) is 9.81. The van der Waals surface area contributed by atoms with Gasteiger partial charge in [-0.1, -0.05) is 54.6 Å². The molecule has 0 aliphatic carbocycles. The van der Waals surface area contributed by atoms with Crippen LogP contribution < -0.4 is 69.2 Å². The number of methoxy groups -OCH3 is 1. The van der Waals surface area contributed by atoms with Crippen LogP contribution >= 0.6 is 0 Å². The zero-order valence-corrected chi connectivity index (χ0v) is 25.0. The molecular weight excluding hydrogens is 512 g/mol. The molecule has 1 aliphatic heterocycles. The molecule has 0 saturated carbocycles. The summed E-state index contributed by atoms with van der Waals surface area (Å²) in [6.45, 7) is 0.617. The number of rotatable bonds is 6. The van der Waals surface area contributed by atoms with Crippen LogP contribution in [0.5, 0.6) is 5.75 Å². The third-order valence-corrected chi connectivity index (χ3v) is 7.22. The van der Waals surface area contributed by atoms with Crippen LogP contribution in [0.2, 0.25) is 0 Å². The maximum absolute atomic E-state index is 12.0. The Hall–Kier alpha value is -1.02. The topological polar surface area (TPSA) is 136 Å². The predicted molar refractivity (Wildman–Crippen MR) is 119 cm³/mol. The van der Waals surface area contributed by atoms with E-state index in [-0.39, 0.29) is 82.0 Å². The van der Waals surface area contributed by atoms with Crippen molar-refractivity contribution in [3.05, 3.63) is 88.5 Å². The quantitative estimate of drug-likeness (QED) is 0.201. The Morgan fingerprint density at radius 1 is 0.857 bits per heavy atom. The van der Waals surface area contributed by atoms with Gasteiger partial charge < -0.3 is 19.2 Å². The van der Waals surface area contributed by atoms with Crippen molar-refractivity contribution in [2.75, 3.05) is 7.11 Å². The summed E-state index contributed by atoms with van der Waals surface area (Å²) in [5, 5.41) is 3.30. The average Bonchev–Trinajstić information content (AvgIpc) is 3.20. The van der Waals surface area contributed by atoms with E-state index in [2.05, 4.69) is 5.32 Å². The maximum Gasteiger partial charge on any atom is 1.00 e. The van der Waals surface area contributed by atoms with Gasteiger partial charge in [0, 0.05) is 6.54 Å². The van der Waals surface area contributed by atoms with Crippen LogP contribution in [-0.4, -0.2) is 33.1 Å². The fraction of sp³-hybridized carbons (Fsp3) is 0.130. The Kier molecular flexibility index (Phi) is 10.4. The van der Waals surface area contributed by atoms with Crippen molar-refractivity contribution >= 4 is 32.4 Å². The fourth-order valence-electron chi connectivity index (χ4n) is 3.86. The molecule has 0 amide bonds. The summed E-state index contributed by atoms with van der Waals surface area (Å²) in [4.78, 5) is -0.963. The van der Waals surface area contributed by atoms with Gasteiger partial charge in [-0.25, -0.2) is 16.8 Å². The largest absolute Gasteiger partial charge is 1.00 e. The van der Waals surface area contributed by atoms with Gasteiger partial charge in [-0.3, -0.25) is 0 Å². The first-order chi connectivity index (χ1) is 15.6. The van der Waals surface area contributed by atoms with E-state index < -0.39 is 30.0 Å². The third kappa shape index (κ3) is 6.85. The summed E-state index contributed by atoms with van der Waals surface area (Å²) in [6.07, 6.45) is 2.57. The zero-order chi connectivity index (χ0) is 23.8. The van der Waals surface area contributed by atoms with Crippen molar-refractivity contribution in [2.24, 2.45) is 0 Å². The number of fused-ring (bicyclic) bond motifs is 1. The number of nitrogens with one attached hydrogen (secondary N) is 1. The van der Waals surface area contributed by atoms with Gasteiger partial charge in [-0.05, 0) is 46.0 Å². The number of hydrogen-bond donors (Lipinski definition) is 1. The average molecular weight is 532 g/mol. The molecule has 0 aromatic heterocycles. The van der Waals surface area contributed by atoms with Crippen molar-refractivity contribution in [3.63, 3.8) is 0 Å². The molecule has 4 rings (SSSR count). The van der Waals surface area contributed by atoms with Crippen LogP contribution in [0, 0.1) is 0 Å². The van der Waals surface area contributed by atoms with Crippen molar-refractivity contribution < 1.29 is 89.8 Å². The molecule has 172 valence electrons. The van der Waals surface area contributed by atoms with E-state index in [0.29, 0.717) is 12.1 Å². The molecule has 12 heteroatoms. The van der Waals surface area contributed by atoms with Gasteiger partial charge in [0.1, 0.15) is 26.0 Å². The van der Waals surface area contributed by atoms with Gasteiger partial charge in [-0.2, -0.15) is 0 Å². The minimum atomic E-state index is -4.85. The first-order valence-corrected chi connectivity index (χ1v) is 12.6. The molecule has 1 unspecified atom stereocenters. The summed E-state index contributed by atoms with van der Waals surface area (Å²) >= 11 is 0. The Balaban J connectivity index is 0.00000216. The van der Waals surface area contributed by atoms with E-state index in [1.54, 1.807) is 6.07 Å². The number of hydrogen-bond acceptors (Lipinski definition) is 8. The second kappa shape index (κ2) is 12.0. The standard InChI is InChI=1S/C23H21NO7S2.2Na/c1-31-19-11-10-16(22(13-19)33(28,29)30)7-6-15-8-9-17(12-21(15)32(25,26)27)23-20-5-3-2-4-18(20)14-24-23;;/h2-13,23-24H,14H2,1H3,(H,25,26,27)(H,28,29,30);;/q;2*+1/p-2/b7-6+;;. The van der Waals surface area contributed by atoms with Gasteiger partial charge in [0.2, 0.25) is 0 Å². The smallest absolute Gasteiger partial charge is 0.744 e. The van der Waals surface area contributed by atoms with Gasteiger partial charge in [0.25, 0.3) is 0 Å². The van der Waals surface area contributed by atoms with E-state index in [9.17, 15) is 25.9 Å². The first kappa shape index (κ1) is 30.2. The fourth-order valence-corrected chi connectivity index (χ4v) is 5.25. The van der Waals surface area contributed by atoms with Crippen LogP contribution in [0.15, 0.2) is 70.5 Å². The van der Waals surface area contributed by atoms with Crippen LogP contribution in [0.3, 0.4) is 0 Å². The van der Waals surface area contributed by atoms with Crippen LogP contribution in [0.25, 0.3) is 12.2 Å². The molecule has 3 aromatic rings. The molecular formula is C23H19NNa2O7S2. The molecule has 0 bridgehead atoms. The third-order valence-electron chi connectivity index (χ3n) is 5.44. The minimum Gasteiger partial charge on any atom is -0.744 e. The molecule has 1 atom stereocenters. The van der Waals surface area contributed by atoms with E-state index >= 15 is 0 Å². The second-order valence-electron chi connectivity index (χ2n) is 7.46. The molecule has 1 aliphatic rings. The Morgan fingerprint density at radius 3 is 2.03 bits per heavy atom. The Labute approximate surface area is 248 Å².